The van der Waals surface area contributed by atoms with E-state index in [1.54, 1.807) is 19.3 Å². The van der Waals surface area contributed by atoms with E-state index >= 15 is 0 Å². The van der Waals surface area contributed by atoms with Crippen LogP contribution in [0.4, 0.5) is 0 Å². The summed E-state index contributed by atoms with van der Waals surface area (Å²) in [7, 11) is 0. The van der Waals surface area contributed by atoms with Crippen LogP contribution in [0.1, 0.15) is 45.2 Å². The quantitative estimate of drug-likeness (QED) is 0.700. The molecule has 0 radical (unpaired) electrons. The summed E-state index contributed by atoms with van der Waals surface area (Å²) >= 11 is 0. The van der Waals surface area contributed by atoms with Crippen molar-refractivity contribution in [3.63, 3.8) is 0 Å². The number of rotatable bonds is 5. The number of H-pyrrole nitrogens is 1. The number of nitrogens with zero attached hydrogens (tertiary/aromatic N) is 1. The molecule has 0 saturated carbocycles. The molecule has 1 rings (SSSR count). The lowest BCUT2D eigenvalue weighted by atomic mass is 9.96. The van der Waals surface area contributed by atoms with E-state index in [9.17, 15) is 4.79 Å². The highest BCUT2D eigenvalue weighted by Gasteiger charge is 2.28. The predicted octanol–water partition coefficient (Wildman–Crippen LogP) is 1.10. The molecule has 2 atom stereocenters. The molecule has 1 aromatic heterocycles. The van der Waals surface area contributed by atoms with Crippen LogP contribution in [0.3, 0.4) is 0 Å². The third-order valence-electron chi connectivity index (χ3n) is 2.66. The van der Waals surface area contributed by atoms with Gasteiger partial charge in [-0.05, 0) is 20.3 Å². The van der Waals surface area contributed by atoms with Crippen molar-refractivity contribution in [2.24, 2.45) is 5.73 Å². The molecule has 1 aromatic rings. The van der Waals surface area contributed by atoms with Crippen molar-refractivity contribution < 1.29 is 4.79 Å². The predicted molar refractivity (Wildman–Crippen MR) is 62.6 cm³/mol. The van der Waals surface area contributed by atoms with Crippen LogP contribution in [0.15, 0.2) is 12.4 Å². The van der Waals surface area contributed by atoms with Crippen LogP contribution in [0.5, 0.6) is 0 Å². The smallest absolute Gasteiger partial charge is 0.240 e. The van der Waals surface area contributed by atoms with E-state index in [0.29, 0.717) is 6.42 Å². The minimum Gasteiger partial charge on any atom is -0.348 e. The molecule has 5 nitrogen and oxygen atoms in total. The van der Waals surface area contributed by atoms with Gasteiger partial charge in [0.15, 0.2) is 0 Å². The third-order valence-corrected chi connectivity index (χ3v) is 2.66. The van der Waals surface area contributed by atoms with Gasteiger partial charge in [-0.3, -0.25) is 9.89 Å². The lowest BCUT2D eigenvalue weighted by Crippen LogP contribution is -2.51. The first-order chi connectivity index (χ1) is 7.47. The zero-order valence-electron chi connectivity index (χ0n) is 10.1. The molecule has 90 valence electrons. The lowest BCUT2D eigenvalue weighted by molar-refractivity contribution is -0.126. The summed E-state index contributed by atoms with van der Waals surface area (Å²) in [5.41, 5.74) is 6.08. The second kappa shape index (κ2) is 5.12. The molecule has 0 aliphatic carbocycles. The van der Waals surface area contributed by atoms with Gasteiger partial charge in [0.05, 0.1) is 17.8 Å². The van der Waals surface area contributed by atoms with Crippen LogP contribution in [0.25, 0.3) is 0 Å². The topological polar surface area (TPSA) is 83.8 Å². The Morgan fingerprint density at radius 2 is 2.44 bits per heavy atom. The molecule has 0 aromatic carbocycles. The summed E-state index contributed by atoms with van der Waals surface area (Å²) in [5.74, 6) is -0.122. The summed E-state index contributed by atoms with van der Waals surface area (Å²) < 4.78 is 0. The molecule has 1 heterocycles. The number of hydrogen-bond acceptors (Lipinski definition) is 3. The van der Waals surface area contributed by atoms with Crippen molar-refractivity contribution in [3.8, 4) is 0 Å². The number of nitrogens with one attached hydrogen (secondary N) is 2. The Balaban J connectivity index is 2.57. The summed E-state index contributed by atoms with van der Waals surface area (Å²) in [5, 5.41) is 9.44. The molecular formula is C11H20N4O. The van der Waals surface area contributed by atoms with E-state index in [-0.39, 0.29) is 11.9 Å². The number of amides is 1. The van der Waals surface area contributed by atoms with Gasteiger partial charge in [0.25, 0.3) is 0 Å². The number of hydrogen-bond donors (Lipinski definition) is 3. The maximum absolute atomic E-state index is 11.9. The molecule has 0 aliphatic rings. The fourth-order valence-electron chi connectivity index (χ4n) is 1.58. The number of aromatic amines is 1. The fraction of sp³-hybridized carbons (Fsp3) is 0.636. The van der Waals surface area contributed by atoms with E-state index in [4.69, 9.17) is 5.73 Å². The Morgan fingerprint density at radius 1 is 1.75 bits per heavy atom. The van der Waals surface area contributed by atoms with Gasteiger partial charge in [-0.1, -0.05) is 13.3 Å². The normalized spacial score (nSPS) is 16.5. The van der Waals surface area contributed by atoms with Crippen molar-refractivity contribution in [1.29, 1.82) is 0 Å². The standard InChI is InChI=1S/C11H20N4O/c1-4-5-11(3,12)10(16)15-8(2)9-6-13-14-7-9/h6-8H,4-5,12H2,1-3H3,(H,13,14)(H,15,16). The Kier molecular flexibility index (Phi) is 4.06. The van der Waals surface area contributed by atoms with Gasteiger partial charge in [0, 0.05) is 11.8 Å². The molecule has 5 heteroatoms. The average molecular weight is 224 g/mol. The van der Waals surface area contributed by atoms with E-state index in [1.807, 2.05) is 13.8 Å². The first-order valence-electron chi connectivity index (χ1n) is 5.56. The highest BCUT2D eigenvalue weighted by Crippen LogP contribution is 2.13. The molecule has 0 fully saturated rings. The third kappa shape index (κ3) is 3.06. The monoisotopic (exact) mass is 224 g/mol. The number of nitrogens with two attached hydrogens (primary N) is 1. The van der Waals surface area contributed by atoms with E-state index in [0.717, 1.165) is 12.0 Å². The van der Waals surface area contributed by atoms with E-state index in [2.05, 4.69) is 15.5 Å². The van der Waals surface area contributed by atoms with Crippen LogP contribution in [-0.2, 0) is 4.79 Å². The van der Waals surface area contributed by atoms with Gasteiger partial charge in [-0.25, -0.2) is 0 Å². The second-order valence-corrected chi connectivity index (χ2v) is 4.39. The van der Waals surface area contributed by atoms with Gasteiger partial charge < -0.3 is 11.1 Å². The van der Waals surface area contributed by atoms with Crippen LogP contribution in [-0.4, -0.2) is 21.6 Å². The Hall–Kier alpha value is -1.36. The average Bonchev–Trinajstić information content (AvgIpc) is 2.70. The molecule has 16 heavy (non-hydrogen) atoms. The molecule has 0 aliphatic heterocycles. The van der Waals surface area contributed by atoms with Crippen molar-refractivity contribution in [2.45, 2.75) is 45.2 Å². The molecule has 0 spiro atoms. The highest BCUT2D eigenvalue weighted by molar-refractivity contribution is 5.85. The largest absolute Gasteiger partial charge is 0.348 e. The van der Waals surface area contributed by atoms with Crippen molar-refractivity contribution in [3.05, 3.63) is 18.0 Å². The number of carbonyl (C=O) groups excluding carboxylic acids is 1. The van der Waals surface area contributed by atoms with Crippen molar-refractivity contribution in [2.75, 3.05) is 0 Å². The lowest BCUT2D eigenvalue weighted by Gasteiger charge is -2.25. The maximum atomic E-state index is 11.9. The summed E-state index contributed by atoms with van der Waals surface area (Å²) in [4.78, 5) is 11.9. The summed E-state index contributed by atoms with van der Waals surface area (Å²) in [6, 6.07) is -0.0778. The van der Waals surface area contributed by atoms with Gasteiger partial charge in [0.1, 0.15) is 0 Å². The second-order valence-electron chi connectivity index (χ2n) is 4.39. The molecule has 4 N–H and O–H groups in total. The van der Waals surface area contributed by atoms with Gasteiger partial charge >= 0.3 is 0 Å². The first-order valence-corrected chi connectivity index (χ1v) is 5.56. The van der Waals surface area contributed by atoms with Crippen LogP contribution >= 0.6 is 0 Å². The van der Waals surface area contributed by atoms with Gasteiger partial charge in [-0.15, -0.1) is 0 Å². The van der Waals surface area contributed by atoms with E-state index < -0.39 is 5.54 Å². The molecule has 2 unspecified atom stereocenters. The fourth-order valence-corrected chi connectivity index (χ4v) is 1.58. The molecule has 1 amide bonds. The minimum absolute atomic E-state index is 0.0778. The SMILES string of the molecule is CCCC(C)(N)C(=O)NC(C)c1cn[nH]c1. The molecule has 0 bridgehead atoms. The Bertz CT molecular complexity index is 332. The maximum Gasteiger partial charge on any atom is 0.240 e. The summed E-state index contributed by atoms with van der Waals surface area (Å²) in [6.45, 7) is 5.68. The Labute approximate surface area is 95.8 Å². The number of carbonyl (C=O) groups is 1. The van der Waals surface area contributed by atoms with E-state index in [1.165, 1.54) is 0 Å². The highest BCUT2D eigenvalue weighted by atomic mass is 16.2. The Morgan fingerprint density at radius 3 is 2.94 bits per heavy atom. The van der Waals surface area contributed by atoms with Crippen LogP contribution in [0.2, 0.25) is 0 Å². The van der Waals surface area contributed by atoms with Gasteiger partial charge in [-0.2, -0.15) is 5.10 Å². The van der Waals surface area contributed by atoms with Crippen LogP contribution < -0.4 is 11.1 Å². The minimum atomic E-state index is -0.799. The first kappa shape index (κ1) is 12.7. The van der Waals surface area contributed by atoms with Crippen molar-refractivity contribution in [1.82, 2.24) is 15.5 Å². The molecular weight excluding hydrogens is 204 g/mol. The molecule has 0 saturated heterocycles. The van der Waals surface area contributed by atoms with Crippen LogP contribution in [0, 0.1) is 0 Å². The van der Waals surface area contributed by atoms with Gasteiger partial charge in [0.2, 0.25) is 5.91 Å². The zero-order chi connectivity index (χ0) is 12.2. The van der Waals surface area contributed by atoms with Crippen molar-refractivity contribution >= 4 is 5.91 Å². The number of aromatic nitrogens is 2. The summed E-state index contributed by atoms with van der Waals surface area (Å²) in [6.07, 6.45) is 5.02. The zero-order valence-corrected chi connectivity index (χ0v) is 10.1.